The second-order valence-corrected chi connectivity index (χ2v) is 9.01. The number of benzene rings is 1. The molecular formula is C19H24N5O7P. The normalized spacial score (nSPS) is 23.6. The average Bonchev–Trinajstić information content (AvgIpc) is 3.31. The van der Waals surface area contributed by atoms with Crippen molar-refractivity contribution in [3.63, 3.8) is 0 Å². The number of aromatic nitrogens is 4. The lowest BCUT2D eigenvalue weighted by Crippen LogP contribution is -2.33. The van der Waals surface area contributed by atoms with Crippen molar-refractivity contribution in [3.05, 3.63) is 48.5 Å². The van der Waals surface area contributed by atoms with E-state index in [-0.39, 0.29) is 6.61 Å². The molecule has 0 amide bonds. The minimum Gasteiger partial charge on any atom is -0.387 e. The van der Waals surface area contributed by atoms with E-state index in [2.05, 4.69) is 20.3 Å². The van der Waals surface area contributed by atoms with Gasteiger partial charge in [-0.05, 0) is 12.0 Å². The zero-order valence-corrected chi connectivity index (χ0v) is 17.8. The fraction of sp³-hybridized carbons (Fsp3) is 0.421. The highest BCUT2D eigenvalue weighted by Gasteiger charge is 2.44. The van der Waals surface area contributed by atoms with Crippen molar-refractivity contribution in [2.75, 3.05) is 24.8 Å². The molecule has 0 aliphatic carbocycles. The number of hydrogen-bond donors (Lipinski definition) is 5. The standard InChI is InChI=1S/C19H24N5O7P/c25-15-13(8-30-11-32(27,28)29)31-19(16(15)26)24-10-23-14-17(21-9-22-18(14)24)20-7-6-12-4-2-1-3-5-12/h1-5,9-10,13,15-16,19,25-26H,6-8,11H2,(H,20,21,22)(H2,27,28,29)/t13-,15-,16-,19-/m1/s1. The van der Waals surface area contributed by atoms with Crippen LogP contribution >= 0.6 is 7.60 Å². The second-order valence-electron chi connectivity index (χ2n) is 7.42. The Bertz CT molecular complexity index is 1090. The molecule has 0 bridgehead atoms. The van der Waals surface area contributed by atoms with Gasteiger partial charge in [0.05, 0.1) is 12.9 Å². The van der Waals surface area contributed by atoms with Gasteiger partial charge < -0.3 is 34.8 Å². The van der Waals surface area contributed by atoms with Crippen LogP contribution in [0.1, 0.15) is 11.8 Å². The predicted octanol–water partition coefficient (Wildman–Crippen LogP) is 0.252. The molecule has 172 valence electrons. The number of rotatable bonds is 9. The molecule has 1 aromatic carbocycles. The van der Waals surface area contributed by atoms with Crippen LogP contribution in [0.2, 0.25) is 0 Å². The van der Waals surface area contributed by atoms with Gasteiger partial charge in [0, 0.05) is 6.54 Å². The van der Waals surface area contributed by atoms with E-state index in [4.69, 9.17) is 19.3 Å². The quantitative estimate of drug-likeness (QED) is 0.274. The molecule has 0 spiro atoms. The summed E-state index contributed by atoms with van der Waals surface area (Å²) in [5.41, 5.74) is 2.06. The third-order valence-electron chi connectivity index (χ3n) is 5.06. The summed E-state index contributed by atoms with van der Waals surface area (Å²) in [6.07, 6.45) is -1.85. The molecule has 4 atom stereocenters. The van der Waals surface area contributed by atoms with Crippen molar-refractivity contribution in [3.8, 4) is 0 Å². The number of nitrogens with one attached hydrogen (secondary N) is 1. The van der Waals surface area contributed by atoms with Crippen molar-refractivity contribution < 1.29 is 34.0 Å². The van der Waals surface area contributed by atoms with E-state index in [0.717, 1.165) is 6.42 Å². The summed E-state index contributed by atoms with van der Waals surface area (Å²) in [5, 5.41) is 24.0. The van der Waals surface area contributed by atoms with E-state index in [1.54, 1.807) is 0 Å². The Hall–Kier alpha value is -2.44. The van der Waals surface area contributed by atoms with E-state index in [9.17, 15) is 14.8 Å². The molecule has 1 saturated heterocycles. The average molecular weight is 465 g/mol. The summed E-state index contributed by atoms with van der Waals surface area (Å²) >= 11 is 0. The molecule has 0 unspecified atom stereocenters. The predicted molar refractivity (Wildman–Crippen MR) is 113 cm³/mol. The number of anilines is 1. The molecule has 1 fully saturated rings. The van der Waals surface area contributed by atoms with Crippen molar-refractivity contribution in [1.82, 2.24) is 19.5 Å². The van der Waals surface area contributed by atoms with E-state index in [1.807, 2.05) is 30.3 Å². The highest BCUT2D eigenvalue weighted by molar-refractivity contribution is 7.51. The van der Waals surface area contributed by atoms with Crippen LogP contribution in [0.4, 0.5) is 5.82 Å². The van der Waals surface area contributed by atoms with Crippen LogP contribution in [0.25, 0.3) is 11.2 Å². The minimum absolute atomic E-state index is 0.298. The van der Waals surface area contributed by atoms with E-state index in [1.165, 1.54) is 22.8 Å². The van der Waals surface area contributed by atoms with Crippen LogP contribution < -0.4 is 5.32 Å². The van der Waals surface area contributed by atoms with Gasteiger partial charge in [-0.25, -0.2) is 15.0 Å². The van der Waals surface area contributed by atoms with Gasteiger partial charge in [-0.3, -0.25) is 9.13 Å². The van der Waals surface area contributed by atoms with Gasteiger partial charge >= 0.3 is 7.60 Å². The number of imidazole rings is 1. The first-order chi connectivity index (χ1) is 15.3. The summed E-state index contributed by atoms with van der Waals surface area (Å²) < 4.78 is 23.0. The van der Waals surface area contributed by atoms with Crippen molar-refractivity contribution in [2.24, 2.45) is 0 Å². The van der Waals surface area contributed by atoms with Gasteiger partial charge in [-0.2, -0.15) is 0 Å². The second kappa shape index (κ2) is 9.59. The zero-order valence-electron chi connectivity index (χ0n) is 16.9. The summed E-state index contributed by atoms with van der Waals surface area (Å²) in [6.45, 7) is 0.330. The smallest absolute Gasteiger partial charge is 0.350 e. The Balaban J connectivity index is 1.45. The Morgan fingerprint density at radius 2 is 1.91 bits per heavy atom. The first kappa shape index (κ1) is 22.7. The van der Waals surface area contributed by atoms with Crippen LogP contribution in [0.15, 0.2) is 43.0 Å². The molecule has 4 rings (SSSR count). The van der Waals surface area contributed by atoms with E-state index in [0.29, 0.717) is 23.5 Å². The molecule has 3 heterocycles. The lowest BCUT2D eigenvalue weighted by atomic mass is 10.1. The van der Waals surface area contributed by atoms with Gasteiger partial charge in [-0.15, -0.1) is 0 Å². The number of nitrogens with zero attached hydrogens (tertiary/aromatic N) is 4. The summed E-state index contributed by atoms with van der Waals surface area (Å²) in [6, 6.07) is 9.99. The van der Waals surface area contributed by atoms with Crippen molar-refractivity contribution >= 4 is 24.6 Å². The molecule has 1 aliphatic heterocycles. The number of hydrogen-bond acceptors (Lipinski definition) is 9. The van der Waals surface area contributed by atoms with Gasteiger partial charge in [0.1, 0.15) is 31.0 Å². The van der Waals surface area contributed by atoms with Crippen LogP contribution in [-0.4, -0.2) is 77.3 Å². The van der Waals surface area contributed by atoms with Crippen molar-refractivity contribution in [1.29, 1.82) is 0 Å². The molecule has 3 aromatic rings. The Morgan fingerprint density at radius 3 is 2.66 bits per heavy atom. The summed E-state index contributed by atoms with van der Waals surface area (Å²) in [7, 11) is -4.35. The monoisotopic (exact) mass is 465 g/mol. The third kappa shape index (κ3) is 5.13. The van der Waals surface area contributed by atoms with E-state index >= 15 is 0 Å². The first-order valence-electron chi connectivity index (χ1n) is 9.93. The molecule has 0 radical (unpaired) electrons. The SMILES string of the molecule is O=P(O)(O)COC[C@H]1O[C@@H](n2cnc3c(NCCc4ccccc4)ncnc32)[C@H](O)[C@@H]1O. The molecule has 32 heavy (non-hydrogen) atoms. The van der Waals surface area contributed by atoms with Crippen LogP contribution in [0.5, 0.6) is 0 Å². The highest BCUT2D eigenvalue weighted by Crippen LogP contribution is 2.36. The van der Waals surface area contributed by atoms with Crippen LogP contribution in [0, 0.1) is 0 Å². The number of aliphatic hydroxyl groups excluding tert-OH is 2. The number of ether oxygens (including phenoxy) is 2. The van der Waals surface area contributed by atoms with Gasteiger partial charge in [0.25, 0.3) is 0 Å². The highest BCUT2D eigenvalue weighted by atomic mass is 31.2. The van der Waals surface area contributed by atoms with Crippen LogP contribution in [0.3, 0.4) is 0 Å². The Kier molecular flexibility index (Phi) is 6.82. The molecule has 5 N–H and O–H groups in total. The maximum absolute atomic E-state index is 10.9. The minimum atomic E-state index is -4.35. The Morgan fingerprint density at radius 1 is 1.12 bits per heavy atom. The first-order valence-corrected chi connectivity index (χ1v) is 11.7. The summed E-state index contributed by atoms with van der Waals surface area (Å²) in [5.74, 6) is 0.527. The maximum Gasteiger partial charge on any atom is 0.350 e. The Labute approximate surface area is 183 Å². The van der Waals surface area contributed by atoms with Gasteiger partial charge in [-0.1, -0.05) is 30.3 Å². The lowest BCUT2D eigenvalue weighted by molar-refractivity contribution is -0.0612. The third-order valence-corrected chi connectivity index (χ3v) is 5.58. The fourth-order valence-electron chi connectivity index (χ4n) is 3.52. The molecule has 12 nitrogen and oxygen atoms in total. The van der Waals surface area contributed by atoms with Gasteiger partial charge in [0.2, 0.25) is 0 Å². The van der Waals surface area contributed by atoms with Gasteiger partial charge in [0.15, 0.2) is 23.2 Å². The molecule has 13 heteroatoms. The molecular weight excluding hydrogens is 441 g/mol. The maximum atomic E-state index is 10.9. The van der Waals surface area contributed by atoms with Crippen LogP contribution in [-0.2, 0) is 20.5 Å². The number of aliphatic hydroxyl groups is 2. The summed E-state index contributed by atoms with van der Waals surface area (Å²) in [4.78, 5) is 30.6. The fourth-order valence-corrected chi connectivity index (χ4v) is 3.87. The molecule has 0 saturated carbocycles. The van der Waals surface area contributed by atoms with Crippen molar-refractivity contribution in [2.45, 2.75) is 31.0 Å². The topological polar surface area (TPSA) is 172 Å². The largest absolute Gasteiger partial charge is 0.387 e. The zero-order chi connectivity index (χ0) is 22.7. The number of fused-ring (bicyclic) bond motifs is 1. The molecule has 2 aromatic heterocycles. The van der Waals surface area contributed by atoms with E-state index < -0.39 is 38.5 Å². The molecule has 1 aliphatic rings. The lowest BCUT2D eigenvalue weighted by Gasteiger charge is -2.16.